The van der Waals surface area contributed by atoms with Crippen molar-refractivity contribution in [2.75, 3.05) is 25.5 Å². The van der Waals surface area contributed by atoms with Crippen LogP contribution in [-0.2, 0) is 0 Å². The van der Waals surface area contributed by atoms with Gasteiger partial charge in [-0.1, -0.05) is 92.5 Å². The lowest BCUT2D eigenvalue weighted by molar-refractivity contribution is 0.821. The monoisotopic (exact) mass is 484 g/mol. The summed E-state index contributed by atoms with van der Waals surface area (Å²) in [7, 11) is 1.93. The maximum Gasteiger partial charge on any atom is 0.154 e. The molecule has 0 amide bonds. The van der Waals surface area contributed by atoms with Crippen LogP contribution in [0.15, 0.2) is 66.7 Å². The van der Waals surface area contributed by atoms with Crippen molar-refractivity contribution < 1.29 is 0 Å². The molecule has 0 aliphatic carbocycles. The Bertz CT molecular complexity index is 1040. The number of rotatable bonds is 7. The van der Waals surface area contributed by atoms with Gasteiger partial charge in [-0.05, 0) is 49.9 Å². The predicted molar refractivity (Wildman–Crippen MR) is 148 cm³/mol. The average Bonchev–Trinajstić information content (AvgIpc) is 2.80. The van der Waals surface area contributed by atoms with Crippen LogP contribution in [0.5, 0.6) is 0 Å². The molecule has 0 radical (unpaired) electrons. The average molecular weight is 486 g/mol. The molecule has 0 saturated carbocycles. The number of hydrogen-bond donors (Lipinski definition) is 2. The SMILES string of the molecule is C=CC(=C)Cl.CCC.CNCCNc1nc(/C=C/c2ccc(Cl)cc2)nc2ccc(C)cc12. The van der Waals surface area contributed by atoms with Crippen LogP contribution < -0.4 is 10.6 Å². The van der Waals surface area contributed by atoms with E-state index in [4.69, 9.17) is 23.2 Å². The summed E-state index contributed by atoms with van der Waals surface area (Å²) in [4.78, 5) is 9.34. The van der Waals surface area contributed by atoms with Gasteiger partial charge in [-0.2, -0.15) is 0 Å². The molecule has 0 aliphatic rings. The van der Waals surface area contributed by atoms with Crippen molar-refractivity contribution in [2.45, 2.75) is 27.2 Å². The molecule has 2 aromatic carbocycles. The highest BCUT2D eigenvalue weighted by Crippen LogP contribution is 2.22. The second-order valence-electron chi connectivity index (χ2n) is 7.22. The number of aryl methyl sites for hydroxylation is 1. The number of hydrogen-bond acceptors (Lipinski definition) is 4. The Labute approximate surface area is 208 Å². The number of allylic oxidation sites excluding steroid dienone is 2. The quantitative estimate of drug-likeness (QED) is 0.266. The Morgan fingerprint density at radius 1 is 1.03 bits per heavy atom. The number of likely N-dealkylation sites (N-methyl/N-ethyl adjacent to an activating group) is 1. The normalized spacial score (nSPS) is 10.1. The van der Waals surface area contributed by atoms with E-state index in [1.807, 2.05) is 49.5 Å². The molecule has 176 valence electrons. The van der Waals surface area contributed by atoms with E-state index in [9.17, 15) is 0 Å². The largest absolute Gasteiger partial charge is 0.368 e. The maximum atomic E-state index is 5.93. The first kappa shape index (κ1) is 28.4. The van der Waals surface area contributed by atoms with Crippen molar-refractivity contribution in [3.05, 3.63) is 88.7 Å². The van der Waals surface area contributed by atoms with E-state index in [1.165, 1.54) is 18.1 Å². The van der Waals surface area contributed by atoms with Crippen LogP contribution in [0.25, 0.3) is 23.1 Å². The molecule has 33 heavy (non-hydrogen) atoms. The molecule has 4 nitrogen and oxygen atoms in total. The molecule has 3 aromatic rings. The third kappa shape index (κ3) is 11.2. The Balaban J connectivity index is 0.000000591. The summed E-state index contributed by atoms with van der Waals surface area (Å²) in [6.45, 7) is 14.6. The Kier molecular flexibility index (Phi) is 13.8. The molecular formula is C27H34Cl2N4. The summed E-state index contributed by atoms with van der Waals surface area (Å²) >= 11 is 11.1. The Morgan fingerprint density at radius 3 is 2.24 bits per heavy atom. The van der Waals surface area contributed by atoms with Crippen LogP contribution >= 0.6 is 23.2 Å². The number of nitrogens with one attached hydrogen (secondary N) is 2. The molecule has 2 N–H and O–H groups in total. The fourth-order valence-electron chi connectivity index (χ4n) is 2.52. The van der Waals surface area contributed by atoms with Crippen molar-refractivity contribution in [1.29, 1.82) is 0 Å². The van der Waals surface area contributed by atoms with Gasteiger partial charge in [0.15, 0.2) is 5.82 Å². The van der Waals surface area contributed by atoms with E-state index in [1.54, 1.807) is 0 Å². The standard InChI is InChI=1S/C20H21ClN4.C4H5Cl.C3H8/c1-14-3-9-18-17(13-14)20(23-12-11-22-2)25-19(24-18)10-6-15-4-7-16(21)8-5-15;1-3-4(2)5;1-3-2/h3-10,13,22H,11-12H2,1-2H3,(H,23,24,25);3H,1-2H2;3H2,1-2H3/b10-6+;;. The van der Waals surface area contributed by atoms with Crippen molar-refractivity contribution in [1.82, 2.24) is 15.3 Å². The molecule has 3 rings (SSSR count). The third-order valence-corrected chi connectivity index (χ3v) is 4.46. The van der Waals surface area contributed by atoms with E-state index >= 15 is 0 Å². The molecule has 1 heterocycles. The first-order valence-corrected chi connectivity index (χ1v) is 11.7. The minimum absolute atomic E-state index is 0.491. The Hall–Kier alpha value is -2.66. The van der Waals surface area contributed by atoms with Crippen LogP contribution in [0.4, 0.5) is 5.82 Å². The molecule has 0 fully saturated rings. The lowest BCUT2D eigenvalue weighted by atomic mass is 10.1. The summed E-state index contributed by atoms with van der Waals surface area (Å²) < 4.78 is 0. The van der Waals surface area contributed by atoms with E-state index in [0.29, 0.717) is 10.9 Å². The molecule has 0 atom stereocenters. The minimum Gasteiger partial charge on any atom is -0.368 e. The number of benzene rings is 2. The van der Waals surface area contributed by atoms with Crippen LogP contribution in [0.3, 0.4) is 0 Å². The van der Waals surface area contributed by atoms with Gasteiger partial charge in [0.05, 0.1) is 5.52 Å². The highest BCUT2D eigenvalue weighted by Gasteiger charge is 2.06. The minimum atomic E-state index is 0.491. The fraction of sp³-hybridized carbons (Fsp3) is 0.259. The van der Waals surface area contributed by atoms with E-state index in [0.717, 1.165) is 40.4 Å². The van der Waals surface area contributed by atoms with E-state index in [-0.39, 0.29) is 0 Å². The zero-order valence-corrected chi connectivity index (χ0v) is 21.5. The maximum absolute atomic E-state index is 5.93. The summed E-state index contributed by atoms with van der Waals surface area (Å²) in [5.74, 6) is 1.54. The van der Waals surface area contributed by atoms with Gasteiger partial charge in [-0.3, -0.25) is 0 Å². The van der Waals surface area contributed by atoms with Gasteiger partial charge >= 0.3 is 0 Å². The van der Waals surface area contributed by atoms with Crippen LogP contribution in [0.1, 0.15) is 37.2 Å². The van der Waals surface area contributed by atoms with Crippen molar-refractivity contribution in [3.63, 3.8) is 0 Å². The van der Waals surface area contributed by atoms with Gasteiger partial charge in [0.1, 0.15) is 5.82 Å². The van der Waals surface area contributed by atoms with Crippen molar-refractivity contribution in [3.8, 4) is 0 Å². The second-order valence-corrected chi connectivity index (χ2v) is 8.15. The van der Waals surface area contributed by atoms with E-state index in [2.05, 4.69) is 66.7 Å². The number of nitrogens with zero attached hydrogens (tertiary/aromatic N) is 2. The molecule has 1 aromatic heterocycles. The zero-order chi connectivity index (χ0) is 24.6. The molecule has 0 bridgehead atoms. The first-order chi connectivity index (χ1) is 15.8. The third-order valence-electron chi connectivity index (χ3n) is 4.05. The Morgan fingerprint density at radius 2 is 1.67 bits per heavy atom. The number of anilines is 1. The van der Waals surface area contributed by atoms with Crippen LogP contribution in [0, 0.1) is 6.92 Å². The summed E-state index contributed by atoms with van der Waals surface area (Å²) in [6.07, 6.45) is 6.65. The molecule has 0 saturated heterocycles. The zero-order valence-electron chi connectivity index (χ0n) is 20.0. The summed E-state index contributed by atoms with van der Waals surface area (Å²) in [5.41, 5.74) is 3.18. The van der Waals surface area contributed by atoms with Crippen molar-refractivity contribution in [2.24, 2.45) is 0 Å². The van der Waals surface area contributed by atoms with Gasteiger partial charge in [0.2, 0.25) is 0 Å². The predicted octanol–water partition coefficient (Wildman–Crippen LogP) is 7.73. The number of fused-ring (bicyclic) bond motifs is 1. The number of halogens is 2. The molecular weight excluding hydrogens is 451 g/mol. The van der Waals surface area contributed by atoms with Gasteiger partial charge in [-0.15, -0.1) is 0 Å². The van der Waals surface area contributed by atoms with Gasteiger partial charge in [0.25, 0.3) is 0 Å². The van der Waals surface area contributed by atoms with Gasteiger partial charge in [0, 0.05) is 28.5 Å². The van der Waals surface area contributed by atoms with Crippen molar-refractivity contribution >= 4 is 52.1 Å². The summed E-state index contributed by atoms with van der Waals surface area (Å²) in [5, 5.41) is 8.79. The first-order valence-electron chi connectivity index (χ1n) is 10.9. The van der Waals surface area contributed by atoms with Crippen LogP contribution in [-0.4, -0.2) is 30.1 Å². The topological polar surface area (TPSA) is 49.8 Å². The molecule has 0 spiro atoms. The van der Waals surface area contributed by atoms with E-state index < -0.39 is 0 Å². The summed E-state index contributed by atoms with van der Waals surface area (Å²) in [6, 6.07) is 13.9. The highest BCUT2D eigenvalue weighted by molar-refractivity contribution is 6.30. The molecule has 6 heteroatoms. The van der Waals surface area contributed by atoms with Gasteiger partial charge < -0.3 is 10.6 Å². The fourth-order valence-corrected chi connectivity index (χ4v) is 2.65. The number of aromatic nitrogens is 2. The molecule has 0 aliphatic heterocycles. The second kappa shape index (κ2) is 16.0. The van der Waals surface area contributed by atoms with Gasteiger partial charge in [-0.25, -0.2) is 9.97 Å². The smallest absolute Gasteiger partial charge is 0.154 e. The lowest BCUT2D eigenvalue weighted by Gasteiger charge is -2.10. The lowest BCUT2D eigenvalue weighted by Crippen LogP contribution is -2.18. The molecule has 0 unspecified atom stereocenters. The highest BCUT2D eigenvalue weighted by atomic mass is 35.5. The van der Waals surface area contributed by atoms with Crippen LogP contribution in [0.2, 0.25) is 5.02 Å².